The maximum Gasteiger partial charge on any atom is 0.358 e. The molecule has 5 heteroatoms. The van der Waals surface area contributed by atoms with Gasteiger partial charge in [-0.2, -0.15) is 0 Å². The van der Waals surface area contributed by atoms with Crippen LogP contribution in [0.15, 0.2) is 6.20 Å². The monoisotopic (exact) mass is 223 g/mol. The summed E-state index contributed by atoms with van der Waals surface area (Å²) in [7, 11) is 0. The fourth-order valence-electron chi connectivity index (χ4n) is 1.95. The lowest BCUT2D eigenvalue weighted by atomic mass is 9.98. The molecule has 2 rings (SSSR count). The summed E-state index contributed by atoms with van der Waals surface area (Å²) in [5.74, 6) is 0.993. The molecule has 0 aliphatic carbocycles. The Balaban J connectivity index is 2.03. The minimum atomic E-state index is -0.348. The van der Waals surface area contributed by atoms with E-state index < -0.39 is 0 Å². The van der Waals surface area contributed by atoms with Crippen molar-refractivity contribution in [2.75, 3.05) is 19.7 Å². The van der Waals surface area contributed by atoms with Gasteiger partial charge in [-0.05, 0) is 32.9 Å². The number of nitrogens with one attached hydrogen (secondary N) is 2. The van der Waals surface area contributed by atoms with Gasteiger partial charge in [0.2, 0.25) is 0 Å². The number of aromatic nitrogens is 2. The minimum absolute atomic E-state index is 0.348. The summed E-state index contributed by atoms with van der Waals surface area (Å²) in [6, 6.07) is 0. The first-order valence-corrected chi connectivity index (χ1v) is 5.74. The number of aromatic amines is 1. The Morgan fingerprint density at radius 3 is 3.00 bits per heavy atom. The Kier molecular flexibility index (Phi) is 3.56. The van der Waals surface area contributed by atoms with Crippen LogP contribution in [0.5, 0.6) is 0 Å². The minimum Gasteiger partial charge on any atom is -0.461 e. The average molecular weight is 223 g/mol. The van der Waals surface area contributed by atoms with E-state index in [0.29, 0.717) is 18.2 Å². The molecule has 2 N–H and O–H groups in total. The molecular weight excluding hydrogens is 206 g/mol. The van der Waals surface area contributed by atoms with Gasteiger partial charge in [0.25, 0.3) is 0 Å². The smallest absolute Gasteiger partial charge is 0.358 e. The molecule has 0 spiro atoms. The summed E-state index contributed by atoms with van der Waals surface area (Å²) in [5, 5.41) is 3.30. The van der Waals surface area contributed by atoms with Gasteiger partial charge in [0, 0.05) is 12.1 Å². The maximum atomic E-state index is 11.4. The molecule has 88 valence electrons. The first-order chi connectivity index (χ1) is 7.81. The molecule has 0 bridgehead atoms. The third kappa shape index (κ3) is 2.41. The Labute approximate surface area is 94.6 Å². The van der Waals surface area contributed by atoms with Crippen LogP contribution in [0.1, 0.15) is 42.0 Å². The Hall–Kier alpha value is -1.36. The van der Waals surface area contributed by atoms with Crippen molar-refractivity contribution in [3.8, 4) is 0 Å². The normalized spacial score (nSPS) is 17.3. The number of rotatable bonds is 3. The summed E-state index contributed by atoms with van der Waals surface area (Å²) < 4.78 is 4.89. The number of carbonyl (C=O) groups excluding carboxylic acids is 1. The van der Waals surface area contributed by atoms with Gasteiger partial charge in [-0.3, -0.25) is 0 Å². The maximum absolute atomic E-state index is 11.4. The van der Waals surface area contributed by atoms with E-state index in [1.807, 2.05) is 0 Å². The summed E-state index contributed by atoms with van der Waals surface area (Å²) in [4.78, 5) is 18.8. The SMILES string of the molecule is CCOC(=O)c1c[nH]c(C2CCNCC2)n1. The highest BCUT2D eigenvalue weighted by Crippen LogP contribution is 2.22. The molecule has 5 nitrogen and oxygen atoms in total. The van der Waals surface area contributed by atoms with Crippen LogP contribution in [-0.4, -0.2) is 35.6 Å². The zero-order valence-electron chi connectivity index (χ0n) is 9.45. The summed E-state index contributed by atoms with van der Waals surface area (Å²) >= 11 is 0. The van der Waals surface area contributed by atoms with Gasteiger partial charge < -0.3 is 15.0 Å². The molecule has 16 heavy (non-hydrogen) atoms. The van der Waals surface area contributed by atoms with Crippen LogP contribution >= 0.6 is 0 Å². The van der Waals surface area contributed by atoms with Crippen molar-refractivity contribution in [1.82, 2.24) is 15.3 Å². The van der Waals surface area contributed by atoms with Crippen molar-refractivity contribution >= 4 is 5.97 Å². The number of hydrogen-bond donors (Lipinski definition) is 2. The second-order valence-electron chi connectivity index (χ2n) is 3.92. The van der Waals surface area contributed by atoms with Crippen LogP contribution in [0.2, 0.25) is 0 Å². The highest BCUT2D eigenvalue weighted by Gasteiger charge is 2.20. The number of nitrogens with zero attached hydrogens (tertiary/aromatic N) is 1. The third-order valence-corrected chi connectivity index (χ3v) is 2.81. The largest absolute Gasteiger partial charge is 0.461 e. The first-order valence-electron chi connectivity index (χ1n) is 5.74. The molecule has 1 aromatic heterocycles. The molecule has 0 saturated carbocycles. The van der Waals surface area contributed by atoms with Crippen LogP contribution in [0.3, 0.4) is 0 Å². The van der Waals surface area contributed by atoms with Crippen molar-refractivity contribution in [2.45, 2.75) is 25.7 Å². The average Bonchev–Trinajstić information content (AvgIpc) is 2.80. The second kappa shape index (κ2) is 5.12. The van der Waals surface area contributed by atoms with E-state index in [-0.39, 0.29) is 5.97 Å². The predicted octanol–water partition coefficient (Wildman–Crippen LogP) is 1.05. The zero-order valence-corrected chi connectivity index (χ0v) is 9.45. The van der Waals surface area contributed by atoms with Crippen LogP contribution in [0.4, 0.5) is 0 Å². The summed E-state index contributed by atoms with van der Waals surface area (Å²) in [6.07, 6.45) is 3.76. The Bertz CT molecular complexity index is 356. The molecule has 2 heterocycles. The summed E-state index contributed by atoms with van der Waals surface area (Å²) in [6.45, 7) is 4.20. The number of H-pyrrole nitrogens is 1. The van der Waals surface area contributed by atoms with Crippen LogP contribution in [-0.2, 0) is 4.74 Å². The van der Waals surface area contributed by atoms with Crippen LogP contribution in [0.25, 0.3) is 0 Å². The molecule has 0 unspecified atom stereocenters. The number of esters is 1. The lowest BCUT2D eigenvalue weighted by Gasteiger charge is -2.20. The van der Waals surface area contributed by atoms with Gasteiger partial charge >= 0.3 is 5.97 Å². The van der Waals surface area contributed by atoms with E-state index in [2.05, 4.69) is 15.3 Å². The van der Waals surface area contributed by atoms with Gasteiger partial charge in [0.15, 0.2) is 5.69 Å². The van der Waals surface area contributed by atoms with E-state index in [1.54, 1.807) is 13.1 Å². The van der Waals surface area contributed by atoms with E-state index in [4.69, 9.17) is 4.74 Å². The van der Waals surface area contributed by atoms with Crippen molar-refractivity contribution in [3.05, 3.63) is 17.7 Å². The van der Waals surface area contributed by atoms with Gasteiger partial charge in [0.05, 0.1) is 6.61 Å². The molecule has 1 aliphatic rings. The summed E-state index contributed by atoms with van der Waals surface area (Å²) in [5.41, 5.74) is 0.385. The molecule has 1 aromatic rings. The highest BCUT2D eigenvalue weighted by molar-refractivity contribution is 5.86. The van der Waals surface area contributed by atoms with Gasteiger partial charge in [-0.1, -0.05) is 0 Å². The fourth-order valence-corrected chi connectivity index (χ4v) is 1.95. The Morgan fingerprint density at radius 2 is 2.31 bits per heavy atom. The number of hydrogen-bond acceptors (Lipinski definition) is 4. The molecule has 1 fully saturated rings. The number of ether oxygens (including phenoxy) is 1. The molecule has 0 amide bonds. The van der Waals surface area contributed by atoms with Gasteiger partial charge in [-0.25, -0.2) is 9.78 Å². The van der Waals surface area contributed by atoms with Crippen molar-refractivity contribution in [2.24, 2.45) is 0 Å². The molecule has 1 saturated heterocycles. The van der Waals surface area contributed by atoms with E-state index in [1.165, 1.54) is 0 Å². The molecule has 1 aliphatic heterocycles. The molecule has 0 aromatic carbocycles. The van der Waals surface area contributed by atoms with Crippen molar-refractivity contribution < 1.29 is 9.53 Å². The van der Waals surface area contributed by atoms with E-state index >= 15 is 0 Å². The molecule has 0 radical (unpaired) electrons. The number of carbonyl (C=O) groups is 1. The van der Waals surface area contributed by atoms with Gasteiger partial charge in [0.1, 0.15) is 5.82 Å². The topological polar surface area (TPSA) is 67.0 Å². The first kappa shape index (κ1) is 11.1. The number of imidazole rings is 1. The fraction of sp³-hybridized carbons (Fsp3) is 0.636. The zero-order chi connectivity index (χ0) is 11.4. The number of piperidine rings is 1. The lowest BCUT2D eigenvalue weighted by molar-refractivity contribution is 0.0520. The van der Waals surface area contributed by atoms with E-state index in [9.17, 15) is 4.79 Å². The van der Waals surface area contributed by atoms with E-state index in [0.717, 1.165) is 31.8 Å². The highest BCUT2D eigenvalue weighted by atomic mass is 16.5. The quantitative estimate of drug-likeness (QED) is 0.752. The van der Waals surface area contributed by atoms with Crippen molar-refractivity contribution in [3.63, 3.8) is 0 Å². The van der Waals surface area contributed by atoms with Crippen LogP contribution in [0, 0.1) is 0 Å². The lowest BCUT2D eigenvalue weighted by Crippen LogP contribution is -2.27. The Morgan fingerprint density at radius 1 is 1.56 bits per heavy atom. The molecule has 0 atom stereocenters. The predicted molar refractivity (Wildman–Crippen MR) is 59.4 cm³/mol. The third-order valence-electron chi connectivity index (χ3n) is 2.81. The van der Waals surface area contributed by atoms with Crippen LogP contribution < -0.4 is 5.32 Å². The van der Waals surface area contributed by atoms with Gasteiger partial charge in [-0.15, -0.1) is 0 Å². The van der Waals surface area contributed by atoms with Crippen molar-refractivity contribution in [1.29, 1.82) is 0 Å². The second-order valence-corrected chi connectivity index (χ2v) is 3.92. The molecular formula is C11H17N3O2. The standard InChI is InChI=1S/C11H17N3O2/c1-2-16-11(15)9-7-13-10(14-9)8-3-5-12-6-4-8/h7-8,12H,2-6H2,1H3,(H,13,14).